The van der Waals surface area contributed by atoms with Gasteiger partial charge in [-0.15, -0.1) is 0 Å². The molecule has 1 aromatic heterocycles. The van der Waals surface area contributed by atoms with Crippen LogP contribution >= 0.6 is 0 Å². The average Bonchev–Trinajstić information content (AvgIpc) is 3.04. The molecule has 0 spiro atoms. The van der Waals surface area contributed by atoms with Gasteiger partial charge in [-0.2, -0.15) is 0 Å². The maximum atomic E-state index is 12.9. The summed E-state index contributed by atoms with van der Waals surface area (Å²) in [5, 5.41) is 13.4. The zero-order valence-corrected chi connectivity index (χ0v) is 13.5. The fourth-order valence-corrected chi connectivity index (χ4v) is 2.76. The smallest absolute Gasteiger partial charge is 0.214 e. The molecule has 6 nitrogen and oxygen atoms in total. The van der Waals surface area contributed by atoms with Gasteiger partial charge in [0.1, 0.15) is 12.0 Å². The topological polar surface area (TPSA) is 69.8 Å². The largest absolute Gasteiger partial charge is 0.379 e. The van der Waals surface area contributed by atoms with Gasteiger partial charge in [0.05, 0.1) is 6.54 Å². The molecule has 1 aliphatic heterocycles. The number of rotatable bonds is 5. The van der Waals surface area contributed by atoms with Crippen molar-refractivity contribution < 1.29 is 18.8 Å². The third-order valence-corrected chi connectivity index (χ3v) is 4.21. The molecule has 1 unspecified atom stereocenters. The second kappa shape index (κ2) is 7.21. The Morgan fingerprint density at radius 3 is 2.58 bits per heavy atom. The predicted molar refractivity (Wildman–Crippen MR) is 84.9 cm³/mol. The molecular formula is C17H20FN3O3. The van der Waals surface area contributed by atoms with Crippen LogP contribution in [0.3, 0.4) is 0 Å². The zero-order chi connectivity index (χ0) is 17.1. The number of carbonyl (C=O) groups excluding carboxylic acids is 1. The maximum absolute atomic E-state index is 12.9. The molecule has 0 radical (unpaired) electrons. The Kier molecular flexibility index (Phi) is 5.03. The number of hydrogen-bond acceptors (Lipinski definition) is 6. The molecule has 1 saturated heterocycles. The molecule has 1 fully saturated rings. The Bertz CT molecular complexity index is 691. The van der Waals surface area contributed by atoms with Crippen LogP contribution in [0.15, 0.2) is 34.9 Å². The molecule has 24 heavy (non-hydrogen) atoms. The van der Waals surface area contributed by atoms with E-state index in [-0.39, 0.29) is 17.3 Å². The van der Waals surface area contributed by atoms with E-state index in [0.29, 0.717) is 17.9 Å². The highest BCUT2D eigenvalue weighted by molar-refractivity contribution is 6.07. The lowest BCUT2D eigenvalue weighted by Gasteiger charge is -2.35. The van der Waals surface area contributed by atoms with Crippen LogP contribution < -0.4 is 0 Å². The van der Waals surface area contributed by atoms with Crippen LogP contribution in [0, 0.1) is 5.82 Å². The minimum atomic E-state index is -0.433. The Morgan fingerprint density at radius 1 is 1.29 bits per heavy atom. The molecule has 0 aliphatic carbocycles. The number of nitrogens with zero attached hydrogens (tertiary/aromatic N) is 3. The summed E-state index contributed by atoms with van der Waals surface area (Å²) in [7, 11) is 0. The van der Waals surface area contributed by atoms with Gasteiger partial charge in [0.25, 0.3) is 0 Å². The SMILES string of the molecule is CC(O)N1CCN(Cc2cc(C(=O)c3ccc(F)cc3)no2)CC1. The molecule has 1 aromatic carbocycles. The van der Waals surface area contributed by atoms with Gasteiger partial charge in [0, 0.05) is 37.8 Å². The van der Waals surface area contributed by atoms with Crippen molar-refractivity contribution in [3.05, 3.63) is 53.2 Å². The highest BCUT2D eigenvalue weighted by Crippen LogP contribution is 2.14. The van der Waals surface area contributed by atoms with E-state index in [4.69, 9.17) is 4.52 Å². The van der Waals surface area contributed by atoms with E-state index < -0.39 is 6.23 Å². The number of ketones is 1. The summed E-state index contributed by atoms with van der Waals surface area (Å²) < 4.78 is 18.2. The van der Waals surface area contributed by atoms with Gasteiger partial charge in [-0.05, 0) is 31.2 Å². The molecule has 0 saturated carbocycles. The number of aliphatic hydroxyl groups excluding tert-OH is 1. The number of halogens is 1. The van der Waals surface area contributed by atoms with Crippen LogP contribution in [-0.4, -0.2) is 58.3 Å². The number of aliphatic hydroxyl groups is 1. The van der Waals surface area contributed by atoms with Gasteiger partial charge in [-0.25, -0.2) is 4.39 Å². The summed E-state index contributed by atoms with van der Waals surface area (Å²) in [5.74, 6) is -0.0568. The van der Waals surface area contributed by atoms with Crippen molar-refractivity contribution in [1.82, 2.24) is 15.0 Å². The molecule has 3 rings (SSSR count). The lowest BCUT2D eigenvalue weighted by Crippen LogP contribution is -2.49. The Morgan fingerprint density at radius 2 is 1.96 bits per heavy atom. The van der Waals surface area contributed by atoms with Crippen molar-refractivity contribution >= 4 is 5.78 Å². The molecule has 0 amide bonds. The second-order valence-corrected chi connectivity index (χ2v) is 5.96. The van der Waals surface area contributed by atoms with E-state index in [0.717, 1.165) is 26.2 Å². The van der Waals surface area contributed by atoms with Crippen molar-refractivity contribution in [2.24, 2.45) is 0 Å². The quantitative estimate of drug-likeness (QED) is 0.836. The van der Waals surface area contributed by atoms with Gasteiger partial charge >= 0.3 is 0 Å². The van der Waals surface area contributed by atoms with Crippen LogP contribution in [0.1, 0.15) is 28.7 Å². The summed E-state index contributed by atoms with van der Waals surface area (Å²) in [6.07, 6.45) is -0.433. The van der Waals surface area contributed by atoms with Gasteiger partial charge in [0.2, 0.25) is 5.78 Å². The zero-order valence-electron chi connectivity index (χ0n) is 13.5. The van der Waals surface area contributed by atoms with Crippen molar-refractivity contribution in [1.29, 1.82) is 0 Å². The number of aromatic nitrogens is 1. The van der Waals surface area contributed by atoms with E-state index in [1.165, 1.54) is 24.3 Å². The highest BCUT2D eigenvalue weighted by atomic mass is 19.1. The lowest BCUT2D eigenvalue weighted by atomic mass is 10.1. The van der Waals surface area contributed by atoms with Crippen molar-refractivity contribution in [2.75, 3.05) is 26.2 Å². The van der Waals surface area contributed by atoms with Gasteiger partial charge in [0.15, 0.2) is 11.5 Å². The molecule has 2 aromatic rings. The lowest BCUT2D eigenvalue weighted by molar-refractivity contribution is -0.0154. The first-order valence-corrected chi connectivity index (χ1v) is 7.93. The van der Waals surface area contributed by atoms with E-state index in [1.807, 2.05) is 4.90 Å². The standard InChI is InChI=1S/C17H20FN3O3/c1-12(22)21-8-6-20(7-9-21)11-15-10-16(19-24-15)17(23)13-2-4-14(18)5-3-13/h2-5,10,12,22H,6-9,11H2,1H3. The molecule has 1 N–H and O–H groups in total. The number of piperazine rings is 1. The summed E-state index contributed by atoms with van der Waals surface area (Å²) in [6.45, 7) is 5.52. The minimum absolute atomic E-state index is 0.222. The summed E-state index contributed by atoms with van der Waals surface area (Å²) in [5.41, 5.74) is 0.598. The first-order valence-electron chi connectivity index (χ1n) is 7.93. The fourth-order valence-electron chi connectivity index (χ4n) is 2.76. The Balaban J connectivity index is 1.60. The van der Waals surface area contributed by atoms with Crippen molar-refractivity contribution in [3.8, 4) is 0 Å². The molecule has 0 bridgehead atoms. The van der Waals surface area contributed by atoms with E-state index >= 15 is 0 Å². The normalized spacial score (nSPS) is 17.8. The van der Waals surface area contributed by atoms with Crippen LogP contribution in [0.25, 0.3) is 0 Å². The van der Waals surface area contributed by atoms with Crippen LogP contribution in [0.5, 0.6) is 0 Å². The number of carbonyl (C=O) groups is 1. The predicted octanol–water partition coefficient (Wildman–Crippen LogP) is 1.50. The van der Waals surface area contributed by atoms with Gasteiger partial charge < -0.3 is 9.63 Å². The summed E-state index contributed by atoms with van der Waals surface area (Å²) >= 11 is 0. The first-order chi connectivity index (χ1) is 11.5. The number of hydrogen-bond donors (Lipinski definition) is 1. The maximum Gasteiger partial charge on any atom is 0.214 e. The highest BCUT2D eigenvalue weighted by Gasteiger charge is 2.21. The third kappa shape index (κ3) is 3.87. The van der Waals surface area contributed by atoms with Crippen LogP contribution in [-0.2, 0) is 6.54 Å². The molecule has 1 aliphatic rings. The summed E-state index contributed by atoms with van der Waals surface area (Å²) in [4.78, 5) is 16.5. The van der Waals surface area contributed by atoms with E-state index in [2.05, 4.69) is 10.1 Å². The summed E-state index contributed by atoms with van der Waals surface area (Å²) in [6, 6.07) is 6.99. The van der Waals surface area contributed by atoms with Crippen LogP contribution in [0.4, 0.5) is 4.39 Å². The third-order valence-electron chi connectivity index (χ3n) is 4.21. The fraction of sp³-hybridized carbons (Fsp3) is 0.412. The molecule has 2 heterocycles. The molecular weight excluding hydrogens is 313 g/mol. The Labute approximate surface area is 139 Å². The Hall–Kier alpha value is -2.09. The molecule has 1 atom stereocenters. The van der Waals surface area contributed by atoms with Crippen LogP contribution in [0.2, 0.25) is 0 Å². The molecule has 128 valence electrons. The number of benzene rings is 1. The van der Waals surface area contributed by atoms with Crippen molar-refractivity contribution in [2.45, 2.75) is 19.7 Å². The van der Waals surface area contributed by atoms with E-state index in [1.54, 1.807) is 13.0 Å². The minimum Gasteiger partial charge on any atom is -0.379 e. The second-order valence-electron chi connectivity index (χ2n) is 5.96. The molecule has 7 heteroatoms. The van der Waals surface area contributed by atoms with E-state index in [9.17, 15) is 14.3 Å². The van der Waals surface area contributed by atoms with Gasteiger partial charge in [-0.1, -0.05) is 5.16 Å². The van der Waals surface area contributed by atoms with Crippen molar-refractivity contribution in [3.63, 3.8) is 0 Å². The average molecular weight is 333 g/mol. The first kappa shape index (κ1) is 16.8. The van der Waals surface area contributed by atoms with Gasteiger partial charge in [-0.3, -0.25) is 14.6 Å². The monoisotopic (exact) mass is 333 g/mol.